The van der Waals surface area contributed by atoms with E-state index in [0.717, 1.165) is 5.56 Å². The molecule has 2 aromatic rings. The van der Waals surface area contributed by atoms with Crippen LogP contribution in [0, 0.1) is 17.2 Å². The summed E-state index contributed by atoms with van der Waals surface area (Å²) >= 11 is 6.21. The standard InChI is InChI=1S/C23H26ClN3O2/c1-17(2)21(15-25)26-11-13-27(14-12-26)23(28)19-8-4-6-10-22(19)29-16-18-7-3-5-9-20(18)24/h3-10,17,21H,11-14,16H2,1-2H3. The summed E-state index contributed by atoms with van der Waals surface area (Å²) < 4.78 is 5.94. The number of rotatable bonds is 6. The number of nitrogens with zero attached hydrogens (tertiary/aromatic N) is 3. The molecule has 29 heavy (non-hydrogen) atoms. The third-order valence-corrected chi connectivity index (χ3v) is 5.59. The van der Waals surface area contributed by atoms with Crippen molar-refractivity contribution in [2.45, 2.75) is 26.5 Å². The highest BCUT2D eigenvalue weighted by molar-refractivity contribution is 6.31. The monoisotopic (exact) mass is 411 g/mol. The highest BCUT2D eigenvalue weighted by Gasteiger charge is 2.29. The van der Waals surface area contributed by atoms with E-state index in [0.29, 0.717) is 49.1 Å². The van der Waals surface area contributed by atoms with Gasteiger partial charge in [0, 0.05) is 36.8 Å². The Morgan fingerprint density at radius 1 is 1.10 bits per heavy atom. The zero-order chi connectivity index (χ0) is 20.8. The van der Waals surface area contributed by atoms with Crippen molar-refractivity contribution in [2.24, 2.45) is 5.92 Å². The first kappa shape index (κ1) is 21.2. The van der Waals surface area contributed by atoms with Crippen molar-refractivity contribution in [3.8, 4) is 11.8 Å². The summed E-state index contributed by atoms with van der Waals surface area (Å²) in [6.07, 6.45) is 0. The fourth-order valence-corrected chi connectivity index (χ4v) is 3.76. The van der Waals surface area contributed by atoms with Crippen LogP contribution in [0.15, 0.2) is 48.5 Å². The lowest BCUT2D eigenvalue weighted by molar-refractivity contribution is 0.0572. The van der Waals surface area contributed by atoms with Gasteiger partial charge in [0.1, 0.15) is 18.4 Å². The summed E-state index contributed by atoms with van der Waals surface area (Å²) in [4.78, 5) is 17.1. The molecule has 1 unspecified atom stereocenters. The summed E-state index contributed by atoms with van der Waals surface area (Å²) in [6, 6.07) is 17.1. The number of benzene rings is 2. The number of amides is 1. The van der Waals surface area contributed by atoms with E-state index < -0.39 is 0 Å². The molecule has 5 nitrogen and oxygen atoms in total. The quantitative estimate of drug-likeness (QED) is 0.713. The van der Waals surface area contributed by atoms with Gasteiger partial charge in [0.2, 0.25) is 0 Å². The third kappa shape index (κ3) is 5.09. The summed E-state index contributed by atoms with van der Waals surface area (Å²) in [6.45, 7) is 7.01. The van der Waals surface area contributed by atoms with E-state index in [1.54, 1.807) is 6.07 Å². The molecule has 6 heteroatoms. The molecule has 2 aromatic carbocycles. The van der Waals surface area contributed by atoms with Gasteiger partial charge in [-0.3, -0.25) is 9.69 Å². The van der Waals surface area contributed by atoms with Gasteiger partial charge in [-0.15, -0.1) is 0 Å². The summed E-state index contributed by atoms with van der Waals surface area (Å²) in [5, 5.41) is 10.1. The van der Waals surface area contributed by atoms with Gasteiger partial charge in [0.05, 0.1) is 11.6 Å². The second kappa shape index (κ2) is 9.78. The van der Waals surface area contributed by atoms with Crippen molar-refractivity contribution in [3.63, 3.8) is 0 Å². The number of piperazine rings is 1. The molecule has 0 saturated carbocycles. The molecule has 0 N–H and O–H groups in total. The van der Waals surface area contributed by atoms with Crippen molar-refractivity contribution in [3.05, 3.63) is 64.7 Å². The van der Waals surface area contributed by atoms with E-state index >= 15 is 0 Å². The smallest absolute Gasteiger partial charge is 0.257 e. The van der Waals surface area contributed by atoms with Crippen LogP contribution in [-0.2, 0) is 6.61 Å². The van der Waals surface area contributed by atoms with Gasteiger partial charge in [-0.25, -0.2) is 0 Å². The number of carbonyl (C=O) groups is 1. The van der Waals surface area contributed by atoms with Crippen molar-refractivity contribution in [2.75, 3.05) is 26.2 Å². The van der Waals surface area contributed by atoms with Gasteiger partial charge in [0.25, 0.3) is 5.91 Å². The second-order valence-corrected chi connectivity index (χ2v) is 7.93. The highest BCUT2D eigenvalue weighted by atomic mass is 35.5. The Balaban J connectivity index is 1.66. The zero-order valence-electron chi connectivity index (χ0n) is 16.8. The Hall–Kier alpha value is -2.55. The van der Waals surface area contributed by atoms with Gasteiger partial charge in [0.15, 0.2) is 0 Å². The molecule has 0 spiro atoms. The molecule has 1 saturated heterocycles. The number of carbonyl (C=O) groups excluding carboxylic acids is 1. The minimum atomic E-state index is -0.113. The van der Waals surface area contributed by atoms with Gasteiger partial charge in [-0.1, -0.05) is 55.8 Å². The maximum absolute atomic E-state index is 13.1. The van der Waals surface area contributed by atoms with Gasteiger partial charge < -0.3 is 9.64 Å². The molecule has 3 rings (SSSR count). The predicted molar refractivity (Wildman–Crippen MR) is 114 cm³/mol. The first-order valence-electron chi connectivity index (χ1n) is 9.89. The molecule has 152 valence electrons. The zero-order valence-corrected chi connectivity index (χ0v) is 17.6. The maximum Gasteiger partial charge on any atom is 0.257 e. The largest absolute Gasteiger partial charge is 0.488 e. The molecule has 0 aromatic heterocycles. The van der Waals surface area contributed by atoms with E-state index in [4.69, 9.17) is 16.3 Å². The van der Waals surface area contributed by atoms with Crippen LogP contribution in [0.1, 0.15) is 29.8 Å². The lowest BCUT2D eigenvalue weighted by Gasteiger charge is -2.38. The van der Waals surface area contributed by atoms with Crippen molar-refractivity contribution in [1.82, 2.24) is 9.80 Å². The molecule has 0 bridgehead atoms. The number of halogens is 1. The minimum Gasteiger partial charge on any atom is -0.488 e. The lowest BCUT2D eigenvalue weighted by Crippen LogP contribution is -2.52. The number of hydrogen-bond donors (Lipinski definition) is 0. The van der Waals surface area contributed by atoms with E-state index in [-0.39, 0.29) is 17.9 Å². The Labute approximate surface area is 177 Å². The lowest BCUT2D eigenvalue weighted by atomic mass is 10.0. The highest BCUT2D eigenvalue weighted by Crippen LogP contribution is 2.24. The van der Waals surface area contributed by atoms with E-state index in [1.165, 1.54) is 0 Å². The molecule has 1 amide bonds. The fraction of sp³-hybridized carbons (Fsp3) is 0.391. The summed E-state index contributed by atoms with van der Waals surface area (Å²) in [5.74, 6) is 0.774. The molecular formula is C23H26ClN3O2. The Morgan fingerprint density at radius 3 is 2.41 bits per heavy atom. The van der Waals surface area contributed by atoms with Gasteiger partial charge >= 0.3 is 0 Å². The van der Waals surface area contributed by atoms with Crippen LogP contribution in [0.3, 0.4) is 0 Å². The molecule has 1 heterocycles. The van der Waals surface area contributed by atoms with Crippen LogP contribution in [0.4, 0.5) is 0 Å². The maximum atomic E-state index is 13.1. The van der Waals surface area contributed by atoms with Crippen LogP contribution in [0.25, 0.3) is 0 Å². The van der Waals surface area contributed by atoms with Gasteiger partial charge in [-0.05, 0) is 24.1 Å². The number of para-hydroxylation sites is 1. The van der Waals surface area contributed by atoms with Gasteiger partial charge in [-0.2, -0.15) is 5.26 Å². The van der Waals surface area contributed by atoms with E-state index in [1.807, 2.05) is 47.4 Å². The SMILES string of the molecule is CC(C)C(C#N)N1CCN(C(=O)c2ccccc2OCc2ccccc2Cl)CC1. The Bertz CT molecular complexity index is 886. The summed E-state index contributed by atoms with van der Waals surface area (Å²) in [7, 11) is 0. The Morgan fingerprint density at radius 2 is 1.76 bits per heavy atom. The van der Waals surface area contributed by atoms with Crippen molar-refractivity contribution >= 4 is 17.5 Å². The van der Waals surface area contributed by atoms with Crippen molar-refractivity contribution < 1.29 is 9.53 Å². The molecule has 1 fully saturated rings. The molecular weight excluding hydrogens is 386 g/mol. The third-order valence-electron chi connectivity index (χ3n) is 5.22. The number of ether oxygens (including phenoxy) is 1. The Kier molecular flexibility index (Phi) is 7.13. The fourth-order valence-electron chi connectivity index (χ4n) is 3.57. The summed E-state index contributed by atoms with van der Waals surface area (Å²) in [5.41, 5.74) is 1.43. The van der Waals surface area contributed by atoms with Crippen LogP contribution < -0.4 is 4.74 Å². The topological polar surface area (TPSA) is 56.6 Å². The van der Waals surface area contributed by atoms with Crippen LogP contribution in [0.2, 0.25) is 5.02 Å². The molecule has 1 aliphatic rings. The van der Waals surface area contributed by atoms with E-state index in [9.17, 15) is 10.1 Å². The molecule has 1 aliphatic heterocycles. The first-order valence-corrected chi connectivity index (χ1v) is 10.3. The number of hydrogen-bond acceptors (Lipinski definition) is 4. The molecule has 0 radical (unpaired) electrons. The first-order chi connectivity index (χ1) is 14.0. The average molecular weight is 412 g/mol. The van der Waals surface area contributed by atoms with Crippen LogP contribution in [-0.4, -0.2) is 47.9 Å². The number of nitriles is 1. The normalized spacial score (nSPS) is 15.8. The van der Waals surface area contributed by atoms with Crippen molar-refractivity contribution in [1.29, 1.82) is 5.26 Å². The van der Waals surface area contributed by atoms with Crippen LogP contribution in [0.5, 0.6) is 5.75 Å². The van der Waals surface area contributed by atoms with Crippen LogP contribution >= 0.6 is 11.6 Å². The average Bonchev–Trinajstić information content (AvgIpc) is 2.74. The second-order valence-electron chi connectivity index (χ2n) is 7.52. The molecule has 0 aliphatic carbocycles. The minimum absolute atomic E-state index is 0.0440. The molecule has 1 atom stereocenters. The predicted octanol–water partition coefficient (Wildman–Crippen LogP) is 4.22. The van der Waals surface area contributed by atoms with E-state index in [2.05, 4.69) is 24.8 Å².